The molecule has 11 heteroatoms. The van der Waals surface area contributed by atoms with E-state index in [1.54, 1.807) is 16.6 Å². The van der Waals surface area contributed by atoms with E-state index in [1.807, 2.05) is 14.0 Å². The minimum atomic E-state index is -0.693. The molecule has 2 aliphatic rings. The third kappa shape index (κ3) is 3.89. The van der Waals surface area contributed by atoms with Crippen molar-refractivity contribution in [3.05, 3.63) is 0 Å². The summed E-state index contributed by atoms with van der Waals surface area (Å²) in [7, 11) is 1.81. The molecule has 0 saturated carbocycles. The number of nitrogens with one attached hydrogen (secondary N) is 2. The van der Waals surface area contributed by atoms with Crippen LogP contribution in [0.1, 0.15) is 26.7 Å². The molecule has 0 radical (unpaired) electrons. The fraction of sp³-hybridized carbons (Fsp3) is 0.733. The molecular formula is C15H25N7O3S. The third-order valence-electron chi connectivity index (χ3n) is 4.41. The number of rotatable bonds is 5. The number of hydrogen-bond donors (Lipinski definition) is 2. The lowest BCUT2D eigenvalue weighted by Gasteiger charge is -2.33. The van der Waals surface area contributed by atoms with Crippen LogP contribution in [0, 0.1) is 0 Å². The molecule has 1 aromatic heterocycles. The van der Waals surface area contributed by atoms with Gasteiger partial charge in [0.25, 0.3) is 0 Å². The lowest BCUT2D eigenvalue weighted by Crippen LogP contribution is -2.53. The number of hydrogen-bond acceptors (Lipinski definition) is 8. The van der Waals surface area contributed by atoms with Crippen LogP contribution in [0.5, 0.6) is 0 Å². The van der Waals surface area contributed by atoms with E-state index in [0.717, 1.165) is 13.1 Å². The first kappa shape index (κ1) is 18.8. The summed E-state index contributed by atoms with van der Waals surface area (Å²) < 4.78 is 12.2. The zero-order valence-corrected chi connectivity index (χ0v) is 16.1. The number of carbonyl (C=O) groups excluding carboxylic acids is 1. The van der Waals surface area contributed by atoms with Gasteiger partial charge in [0.05, 0.1) is 19.8 Å². The van der Waals surface area contributed by atoms with Crippen LogP contribution in [0.15, 0.2) is 0 Å². The number of thiocarbonyl (C=S) groups is 1. The summed E-state index contributed by atoms with van der Waals surface area (Å²) in [4.78, 5) is 18.5. The maximum Gasteiger partial charge on any atom is 0.305 e. The summed E-state index contributed by atoms with van der Waals surface area (Å²) in [5.41, 5.74) is 2.62. The van der Waals surface area contributed by atoms with Gasteiger partial charge in [-0.2, -0.15) is 4.98 Å². The van der Waals surface area contributed by atoms with Gasteiger partial charge >= 0.3 is 5.97 Å². The highest BCUT2D eigenvalue weighted by Crippen LogP contribution is 2.28. The molecule has 0 bridgehead atoms. The summed E-state index contributed by atoms with van der Waals surface area (Å²) in [5.74, 6) is 0.917. The zero-order chi connectivity index (χ0) is 18.7. The lowest BCUT2D eigenvalue weighted by atomic mass is 10.1. The zero-order valence-electron chi connectivity index (χ0n) is 15.3. The Bertz CT molecular complexity index is 676. The van der Waals surface area contributed by atoms with Crippen molar-refractivity contribution in [1.29, 1.82) is 0 Å². The van der Waals surface area contributed by atoms with Crippen molar-refractivity contribution in [3.8, 4) is 0 Å². The first-order chi connectivity index (χ1) is 12.4. The Morgan fingerprint density at radius 1 is 1.42 bits per heavy atom. The molecule has 0 spiro atoms. The molecule has 1 fully saturated rings. The summed E-state index contributed by atoms with van der Waals surface area (Å²) in [5, 5.41) is 9.98. The number of morpholine rings is 1. The molecule has 1 saturated heterocycles. The van der Waals surface area contributed by atoms with Gasteiger partial charge in [0.1, 0.15) is 5.66 Å². The van der Waals surface area contributed by atoms with Gasteiger partial charge < -0.3 is 19.7 Å². The van der Waals surface area contributed by atoms with Gasteiger partial charge in [0.2, 0.25) is 11.9 Å². The van der Waals surface area contributed by atoms with Gasteiger partial charge in [-0.25, -0.2) is 10.1 Å². The highest BCUT2D eigenvalue weighted by Gasteiger charge is 2.37. The van der Waals surface area contributed by atoms with E-state index in [-0.39, 0.29) is 12.4 Å². The average Bonchev–Trinajstić information content (AvgIpc) is 3.02. The predicted octanol–water partition coefficient (Wildman–Crippen LogP) is 0.278. The predicted molar refractivity (Wildman–Crippen MR) is 99.7 cm³/mol. The number of hydrazine groups is 1. The summed E-state index contributed by atoms with van der Waals surface area (Å²) in [6.45, 7) is 6.89. The molecule has 3 heterocycles. The van der Waals surface area contributed by atoms with E-state index < -0.39 is 5.66 Å². The number of anilines is 2. The second-order valence-electron chi connectivity index (χ2n) is 6.43. The molecule has 2 aliphatic heterocycles. The van der Waals surface area contributed by atoms with E-state index in [4.69, 9.17) is 26.8 Å². The van der Waals surface area contributed by atoms with Crippen LogP contribution in [-0.4, -0.2) is 70.8 Å². The number of aromatic nitrogens is 3. The van der Waals surface area contributed by atoms with Gasteiger partial charge in [0.15, 0.2) is 5.11 Å². The maximum absolute atomic E-state index is 11.9. The summed E-state index contributed by atoms with van der Waals surface area (Å²) >= 11 is 5.38. The van der Waals surface area contributed by atoms with E-state index in [1.165, 1.54) is 0 Å². The minimum absolute atomic E-state index is 0.243. The number of fused-ring (bicyclic) bond motifs is 1. The van der Waals surface area contributed by atoms with Crippen LogP contribution in [0.4, 0.5) is 11.9 Å². The van der Waals surface area contributed by atoms with Crippen molar-refractivity contribution in [3.63, 3.8) is 0 Å². The monoisotopic (exact) mass is 383 g/mol. The number of ether oxygens (including phenoxy) is 2. The first-order valence-corrected chi connectivity index (χ1v) is 9.12. The van der Waals surface area contributed by atoms with E-state index in [9.17, 15) is 4.79 Å². The quantitative estimate of drug-likeness (QED) is 0.545. The van der Waals surface area contributed by atoms with Crippen molar-refractivity contribution >= 4 is 35.2 Å². The van der Waals surface area contributed by atoms with Gasteiger partial charge in [-0.1, -0.05) is 0 Å². The second-order valence-corrected chi connectivity index (χ2v) is 6.81. The molecule has 3 rings (SSSR count). The highest BCUT2D eigenvalue weighted by molar-refractivity contribution is 7.80. The molecule has 0 aliphatic carbocycles. The smallest absolute Gasteiger partial charge is 0.305 e. The van der Waals surface area contributed by atoms with Gasteiger partial charge in [0, 0.05) is 26.6 Å². The molecule has 1 aromatic rings. The van der Waals surface area contributed by atoms with E-state index in [2.05, 4.69) is 20.6 Å². The molecule has 1 atom stereocenters. The second kappa shape index (κ2) is 7.72. The summed E-state index contributed by atoms with van der Waals surface area (Å²) in [6, 6.07) is 0. The topological polar surface area (TPSA) is 96.8 Å². The molecule has 10 nitrogen and oxygen atoms in total. The minimum Gasteiger partial charge on any atom is -0.466 e. The highest BCUT2D eigenvalue weighted by atomic mass is 32.1. The van der Waals surface area contributed by atoms with Crippen molar-refractivity contribution < 1.29 is 14.3 Å². The van der Waals surface area contributed by atoms with E-state index >= 15 is 0 Å². The van der Waals surface area contributed by atoms with Crippen LogP contribution in [-0.2, 0) is 19.9 Å². The van der Waals surface area contributed by atoms with Gasteiger partial charge in [-0.05, 0) is 32.5 Å². The van der Waals surface area contributed by atoms with Crippen LogP contribution >= 0.6 is 12.2 Å². The van der Waals surface area contributed by atoms with Crippen LogP contribution in [0.3, 0.4) is 0 Å². The maximum atomic E-state index is 11.9. The van der Waals surface area contributed by atoms with E-state index in [0.29, 0.717) is 43.3 Å². The normalized spacial score (nSPS) is 23.3. The molecule has 144 valence electrons. The molecule has 2 N–H and O–H groups in total. The summed E-state index contributed by atoms with van der Waals surface area (Å²) in [6.07, 6.45) is 0.726. The fourth-order valence-electron chi connectivity index (χ4n) is 3.00. The molecule has 0 amide bonds. The van der Waals surface area contributed by atoms with Crippen LogP contribution in [0.2, 0.25) is 0 Å². The molecule has 0 aromatic carbocycles. The first-order valence-electron chi connectivity index (χ1n) is 8.71. The van der Waals surface area contributed by atoms with Crippen LogP contribution < -0.4 is 15.6 Å². The SMILES string of the molecule is CCOC(=O)CCC1(C)NN(C)C(=S)Nc2nc(N3CCOCC3)nn21. The Hall–Kier alpha value is -1.98. The van der Waals surface area contributed by atoms with Crippen molar-refractivity contribution in [2.75, 3.05) is 50.2 Å². The Morgan fingerprint density at radius 2 is 2.15 bits per heavy atom. The standard InChI is InChI=1S/C15H25N7O3S/c1-4-25-11(23)5-6-15(2)19-20(3)14(26)17-12-16-13(18-22(12)15)21-7-9-24-10-8-21/h19H,4-10H2,1-3H3,(H,16,17,18,26). The Morgan fingerprint density at radius 3 is 2.85 bits per heavy atom. The van der Waals surface area contributed by atoms with Gasteiger partial charge in [-0.3, -0.25) is 9.80 Å². The average molecular weight is 383 g/mol. The van der Waals surface area contributed by atoms with Crippen molar-refractivity contribution in [2.24, 2.45) is 0 Å². The van der Waals surface area contributed by atoms with Crippen molar-refractivity contribution in [1.82, 2.24) is 25.2 Å². The van der Waals surface area contributed by atoms with Crippen LogP contribution in [0.25, 0.3) is 0 Å². The fourth-order valence-corrected chi connectivity index (χ4v) is 3.14. The van der Waals surface area contributed by atoms with Crippen molar-refractivity contribution in [2.45, 2.75) is 32.4 Å². The van der Waals surface area contributed by atoms with Gasteiger partial charge in [-0.15, -0.1) is 5.10 Å². The molecule has 1 unspecified atom stereocenters. The third-order valence-corrected chi connectivity index (χ3v) is 4.79. The lowest BCUT2D eigenvalue weighted by molar-refractivity contribution is -0.144. The molecule has 26 heavy (non-hydrogen) atoms. The Kier molecular flexibility index (Phi) is 5.58. The Labute approximate surface area is 157 Å². The largest absolute Gasteiger partial charge is 0.466 e. The number of carbonyl (C=O) groups is 1. The molecular weight excluding hydrogens is 358 g/mol. The number of esters is 1. The number of nitrogens with zero attached hydrogens (tertiary/aromatic N) is 5. The Balaban J connectivity index is 1.87.